The minimum absolute atomic E-state index is 0.244. The first-order valence-electron chi connectivity index (χ1n) is 5.52. The van der Waals surface area contributed by atoms with Gasteiger partial charge in [0.25, 0.3) is 0 Å². The molecule has 0 unspecified atom stereocenters. The number of nitrogens with one attached hydrogen (secondary N) is 1. The Kier molecular flexibility index (Phi) is 3.19. The van der Waals surface area contributed by atoms with Crippen LogP contribution in [0.3, 0.4) is 0 Å². The van der Waals surface area contributed by atoms with Crippen molar-refractivity contribution < 1.29 is 4.79 Å². The quantitative estimate of drug-likeness (QED) is 0.625. The van der Waals surface area contributed by atoms with E-state index in [1.807, 2.05) is 4.90 Å². The van der Waals surface area contributed by atoms with E-state index in [1.54, 1.807) is 0 Å². The predicted molar refractivity (Wildman–Crippen MR) is 55.9 cm³/mol. The average molecular weight is 194 g/mol. The molecule has 2 rings (SSSR count). The number of carbonyl (C=O) groups is 1. The molecule has 2 aliphatic rings. The first-order valence-corrected chi connectivity index (χ1v) is 5.52. The first kappa shape index (κ1) is 9.71. The number of hydrogen-bond acceptors (Lipinski definition) is 2. The lowest BCUT2D eigenvalue weighted by molar-refractivity contribution is -0.134. The van der Waals surface area contributed by atoms with Crippen LogP contribution >= 0.6 is 0 Å². The summed E-state index contributed by atoms with van der Waals surface area (Å²) in [6, 6.07) is 0. The molecule has 0 spiro atoms. The molecule has 0 aromatic carbocycles. The monoisotopic (exact) mass is 194 g/mol. The van der Waals surface area contributed by atoms with E-state index in [2.05, 4.69) is 17.5 Å². The molecule has 3 nitrogen and oxygen atoms in total. The zero-order valence-corrected chi connectivity index (χ0v) is 8.54. The summed E-state index contributed by atoms with van der Waals surface area (Å²) in [5.41, 5.74) is 0. The van der Waals surface area contributed by atoms with Crippen molar-refractivity contribution in [2.45, 2.75) is 19.3 Å². The van der Waals surface area contributed by atoms with E-state index in [0.29, 0.717) is 5.91 Å². The third-order valence-corrected chi connectivity index (χ3v) is 3.01. The molecule has 1 saturated heterocycles. The Morgan fingerprint density at radius 3 is 2.79 bits per heavy atom. The van der Waals surface area contributed by atoms with Crippen molar-refractivity contribution in [2.75, 3.05) is 26.2 Å². The summed E-state index contributed by atoms with van der Waals surface area (Å²) in [5, 5.41) is 3.31. The molecule has 0 aromatic heterocycles. The Hall–Kier alpha value is -0.830. The lowest BCUT2D eigenvalue weighted by Crippen LogP contribution is -2.37. The third-order valence-electron chi connectivity index (χ3n) is 3.01. The largest absolute Gasteiger partial charge is 0.341 e. The highest BCUT2D eigenvalue weighted by atomic mass is 16.2. The minimum atomic E-state index is 0.244. The molecule has 3 heteroatoms. The Bertz CT molecular complexity index is 221. The molecule has 1 N–H and O–H groups in total. The third kappa shape index (κ3) is 2.15. The van der Waals surface area contributed by atoms with Gasteiger partial charge in [0.15, 0.2) is 0 Å². The maximum Gasteiger partial charge on any atom is 0.226 e. The Balaban J connectivity index is 1.88. The van der Waals surface area contributed by atoms with Gasteiger partial charge >= 0.3 is 0 Å². The van der Waals surface area contributed by atoms with Gasteiger partial charge in [0.1, 0.15) is 0 Å². The van der Waals surface area contributed by atoms with E-state index in [4.69, 9.17) is 0 Å². The van der Waals surface area contributed by atoms with Gasteiger partial charge in [-0.1, -0.05) is 12.2 Å². The van der Waals surface area contributed by atoms with Gasteiger partial charge in [0.2, 0.25) is 5.91 Å². The van der Waals surface area contributed by atoms with Crippen LogP contribution in [-0.4, -0.2) is 37.0 Å². The van der Waals surface area contributed by atoms with Gasteiger partial charge in [-0.25, -0.2) is 0 Å². The van der Waals surface area contributed by atoms with Gasteiger partial charge in [-0.3, -0.25) is 4.79 Å². The van der Waals surface area contributed by atoms with Crippen LogP contribution in [0.5, 0.6) is 0 Å². The molecule has 1 aliphatic heterocycles. The number of carbonyl (C=O) groups excluding carboxylic acids is 1. The van der Waals surface area contributed by atoms with Gasteiger partial charge in [0.05, 0.1) is 0 Å². The van der Waals surface area contributed by atoms with E-state index in [1.165, 1.54) is 0 Å². The van der Waals surface area contributed by atoms with Gasteiger partial charge in [-0.2, -0.15) is 0 Å². The topological polar surface area (TPSA) is 32.3 Å². The van der Waals surface area contributed by atoms with Gasteiger partial charge < -0.3 is 10.2 Å². The Morgan fingerprint density at radius 1 is 1.21 bits per heavy atom. The molecule has 1 amide bonds. The van der Waals surface area contributed by atoms with Crippen molar-refractivity contribution in [2.24, 2.45) is 5.92 Å². The molecule has 0 bridgehead atoms. The van der Waals surface area contributed by atoms with E-state index >= 15 is 0 Å². The van der Waals surface area contributed by atoms with Crippen molar-refractivity contribution in [1.29, 1.82) is 0 Å². The molecule has 0 saturated carbocycles. The fourth-order valence-electron chi connectivity index (χ4n) is 2.14. The molecule has 0 atom stereocenters. The minimum Gasteiger partial charge on any atom is -0.341 e. The van der Waals surface area contributed by atoms with E-state index in [9.17, 15) is 4.79 Å². The van der Waals surface area contributed by atoms with Crippen LogP contribution in [0.2, 0.25) is 0 Å². The Labute approximate surface area is 85.2 Å². The second-order valence-electron chi connectivity index (χ2n) is 4.07. The lowest BCUT2D eigenvalue weighted by Gasteiger charge is -2.23. The molecule has 0 radical (unpaired) electrons. The summed E-state index contributed by atoms with van der Waals surface area (Å²) in [6.45, 7) is 3.82. The van der Waals surface area contributed by atoms with Crippen LogP contribution < -0.4 is 5.32 Å². The second-order valence-corrected chi connectivity index (χ2v) is 4.07. The number of amides is 1. The van der Waals surface area contributed by atoms with E-state index in [-0.39, 0.29) is 5.92 Å². The summed E-state index contributed by atoms with van der Waals surface area (Å²) >= 11 is 0. The molecule has 1 heterocycles. The van der Waals surface area contributed by atoms with E-state index in [0.717, 1.165) is 45.4 Å². The lowest BCUT2D eigenvalue weighted by atomic mass is 10.1. The molecular formula is C11H18N2O. The highest BCUT2D eigenvalue weighted by Gasteiger charge is 2.24. The van der Waals surface area contributed by atoms with Gasteiger partial charge in [-0.05, 0) is 25.8 Å². The van der Waals surface area contributed by atoms with Crippen LogP contribution in [0.15, 0.2) is 12.2 Å². The van der Waals surface area contributed by atoms with Crippen molar-refractivity contribution in [1.82, 2.24) is 10.2 Å². The van der Waals surface area contributed by atoms with Crippen LogP contribution in [0.4, 0.5) is 0 Å². The highest BCUT2D eigenvalue weighted by Crippen LogP contribution is 2.20. The summed E-state index contributed by atoms with van der Waals surface area (Å²) in [7, 11) is 0. The highest BCUT2D eigenvalue weighted by molar-refractivity contribution is 5.79. The van der Waals surface area contributed by atoms with Crippen LogP contribution in [-0.2, 0) is 4.79 Å². The SMILES string of the molecule is O=C(C1CC=CC1)N1CCCNCC1. The first-order chi connectivity index (χ1) is 6.88. The van der Waals surface area contributed by atoms with Crippen molar-refractivity contribution in [3.05, 3.63) is 12.2 Å². The summed E-state index contributed by atoms with van der Waals surface area (Å²) in [6.07, 6.45) is 7.23. The standard InChI is InChI=1S/C11H18N2O/c14-11(10-4-1-2-5-10)13-8-3-6-12-7-9-13/h1-2,10,12H,3-9H2. The number of allylic oxidation sites excluding steroid dienone is 2. The molecule has 78 valence electrons. The predicted octanol–water partition coefficient (Wildman–Crippen LogP) is 0.774. The maximum absolute atomic E-state index is 12.0. The molecule has 1 aliphatic carbocycles. The number of hydrogen-bond donors (Lipinski definition) is 1. The summed E-state index contributed by atoms with van der Waals surface area (Å²) < 4.78 is 0. The summed E-state index contributed by atoms with van der Waals surface area (Å²) in [5.74, 6) is 0.604. The zero-order chi connectivity index (χ0) is 9.80. The van der Waals surface area contributed by atoms with Gasteiger partial charge in [0, 0.05) is 25.6 Å². The van der Waals surface area contributed by atoms with Crippen LogP contribution in [0.25, 0.3) is 0 Å². The molecule has 0 aromatic rings. The van der Waals surface area contributed by atoms with Gasteiger partial charge in [-0.15, -0.1) is 0 Å². The number of nitrogens with zero attached hydrogens (tertiary/aromatic N) is 1. The van der Waals surface area contributed by atoms with E-state index < -0.39 is 0 Å². The van der Waals surface area contributed by atoms with Crippen molar-refractivity contribution >= 4 is 5.91 Å². The zero-order valence-electron chi connectivity index (χ0n) is 8.54. The molecular weight excluding hydrogens is 176 g/mol. The average Bonchev–Trinajstić information content (AvgIpc) is 2.59. The summed E-state index contributed by atoms with van der Waals surface area (Å²) in [4.78, 5) is 14.0. The molecule has 1 fully saturated rings. The molecule has 14 heavy (non-hydrogen) atoms. The van der Waals surface area contributed by atoms with Crippen LogP contribution in [0, 0.1) is 5.92 Å². The normalized spacial score (nSPS) is 23.9. The second kappa shape index (κ2) is 4.60. The van der Waals surface area contributed by atoms with Crippen molar-refractivity contribution in [3.8, 4) is 0 Å². The fraction of sp³-hybridized carbons (Fsp3) is 0.727. The van der Waals surface area contributed by atoms with Crippen LogP contribution in [0.1, 0.15) is 19.3 Å². The smallest absolute Gasteiger partial charge is 0.226 e. The van der Waals surface area contributed by atoms with Crippen molar-refractivity contribution in [3.63, 3.8) is 0 Å². The fourth-order valence-corrected chi connectivity index (χ4v) is 2.14. The number of rotatable bonds is 1. The maximum atomic E-state index is 12.0. The Morgan fingerprint density at radius 2 is 2.00 bits per heavy atom.